The molecule has 2 atom stereocenters. The number of nitrogens with zero attached hydrogens (tertiary/aromatic N) is 2. The van der Waals surface area contributed by atoms with Gasteiger partial charge in [0.05, 0.1) is 5.69 Å². The molecule has 4 heteroatoms. The van der Waals surface area contributed by atoms with Gasteiger partial charge in [-0.25, -0.2) is 4.39 Å². The Kier molecular flexibility index (Phi) is 4.04. The Morgan fingerprint density at radius 2 is 2.10 bits per heavy atom. The molecule has 2 aliphatic rings. The van der Waals surface area contributed by atoms with E-state index >= 15 is 0 Å². The van der Waals surface area contributed by atoms with Crippen molar-refractivity contribution in [2.24, 2.45) is 5.92 Å². The van der Waals surface area contributed by atoms with Gasteiger partial charge in [0.15, 0.2) is 0 Å². The van der Waals surface area contributed by atoms with E-state index < -0.39 is 0 Å². The lowest BCUT2D eigenvalue weighted by Gasteiger charge is -2.46. The van der Waals surface area contributed by atoms with E-state index in [1.807, 2.05) is 6.07 Å². The third kappa shape index (κ3) is 2.60. The van der Waals surface area contributed by atoms with Crippen molar-refractivity contribution >= 4 is 21.6 Å². The predicted octanol–water partition coefficient (Wildman–Crippen LogP) is 3.90. The van der Waals surface area contributed by atoms with E-state index in [4.69, 9.17) is 0 Å². The minimum atomic E-state index is -0.106. The SMILES string of the molecule is CC(C)C1CN2CCCC2CN1c1cc(Br)ccc1F. The molecule has 2 heterocycles. The fourth-order valence-electron chi connectivity index (χ4n) is 3.60. The minimum Gasteiger partial charge on any atom is -0.363 e. The maximum Gasteiger partial charge on any atom is 0.146 e. The van der Waals surface area contributed by atoms with Crippen LogP contribution in [0.5, 0.6) is 0 Å². The van der Waals surface area contributed by atoms with E-state index in [-0.39, 0.29) is 5.82 Å². The summed E-state index contributed by atoms with van der Waals surface area (Å²) >= 11 is 3.47. The molecule has 0 aromatic heterocycles. The first-order chi connectivity index (χ1) is 9.56. The van der Waals surface area contributed by atoms with Crippen molar-refractivity contribution in [3.63, 3.8) is 0 Å². The number of rotatable bonds is 2. The first-order valence-corrected chi connectivity index (χ1v) is 8.31. The number of hydrogen-bond donors (Lipinski definition) is 0. The Labute approximate surface area is 129 Å². The summed E-state index contributed by atoms with van der Waals surface area (Å²) < 4.78 is 15.2. The molecule has 0 amide bonds. The Morgan fingerprint density at radius 3 is 2.85 bits per heavy atom. The van der Waals surface area contributed by atoms with Gasteiger partial charge in [-0.1, -0.05) is 29.8 Å². The molecule has 0 N–H and O–H groups in total. The molecule has 0 radical (unpaired) electrons. The molecule has 110 valence electrons. The van der Waals surface area contributed by atoms with Gasteiger partial charge in [0.2, 0.25) is 0 Å². The fraction of sp³-hybridized carbons (Fsp3) is 0.625. The molecule has 3 rings (SSSR count). The average Bonchev–Trinajstić information content (AvgIpc) is 2.87. The predicted molar refractivity (Wildman–Crippen MR) is 84.7 cm³/mol. The van der Waals surface area contributed by atoms with Crippen LogP contribution in [0.3, 0.4) is 0 Å². The number of halogens is 2. The summed E-state index contributed by atoms with van der Waals surface area (Å²) in [5.41, 5.74) is 0.754. The van der Waals surface area contributed by atoms with Crippen LogP contribution >= 0.6 is 15.9 Å². The summed E-state index contributed by atoms with van der Waals surface area (Å²) in [6, 6.07) is 6.26. The zero-order valence-corrected chi connectivity index (χ0v) is 13.7. The molecule has 20 heavy (non-hydrogen) atoms. The van der Waals surface area contributed by atoms with Crippen LogP contribution < -0.4 is 4.90 Å². The van der Waals surface area contributed by atoms with Gasteiger partial charge >= 0.3 is 0 Å². The van der Waals surface area contributed by atoms with Crippen molar-refractivity contribution in [2.45, 2.75) is 38.8 Å². The van der Waals surface area contributed by atoms with E-state index in [0.29, 0.717) is 18.0 Å². The van der Waals surface area contributed by atoms with Crippen LogP contribution in [0.4, 0.5) is 10.1 Å². The van der Waals surface area contributed by atoms with Gasteiger partial charge in [-0.3, -0.25) is 4.90 Å². The van der Waals surface area contributed by atoms with Crippen molar-refractivity contribution in [3.8, 4) is 0 Å². The lowest BCUT2D eigenvalue weighted by molar-refractivity contribution is 0.176. The third-order valence-corrected chi connectivity index (χ3v) is 5.21. The van der Waals surface area contributed by atoms with Crippen molar-refractivity contribution in [3.05, 3.63) is 28.5 Å². The molecule has 0 saturated carbocycles. The second kappa shape index (κ2) is 5.64. The molecule has 0 spiro atoms. The van der Waals surface area contributed by atoms with Crippen LogP contribution in [-0.2, 0) is 0 Å². The van der Waals surface area contributed by atoms with Crippen molar-refractivity contribution in [1.29, 1.82) is 0 Å². The summed E-state index contributed by atoms with van der Waals surface area (Å²) in [5, 5.41) is 0. The molecule has 2 aliphatic heterocycles. The summed E-state index contributed by atoms with van der Waals surface area (Å²) in [7, 11) is 0. The monoisotopic (exact) mass is 340 g/mol. The van der Waals surface area contributed by atoms with Crippen molar-refractivity contribution in [1.82, 2.24) is 4.90 Å². The van der Waals surface area contributed by atoms with Crippen LogP contribution in [0, 0.1) is 11.7 Å². The first kappa shape index (κ1) is 14.3. The molecule has 0 bridgehead atoms. The second-order valence-corrected chi connectivity index (χ2v) is 7.27. The third-order valence-electron chi connectivity index (χ3n) is 4.72. The molecule has 2 nitrogen and oxygen atoms in total. The summed E-state index contributed by atoms with van der Waals surface area (Å²) in [5.74, 6) is 0.417. The standard InChI is InChI=1S/C16H22BrFN2/c1-11(2)16-10-19-7-3-4-13(19)9-20(16)15-8-12(17)5-6-14(15)18/h5-6,8,11,13,16H,3-4,7,9-10H2,1-2H3. The van der Waals surface area contributed by atoms with E-state index in [9.17, 15) is 4.39 Å². The molecule has 2 saturated heterocycles. The summed E-state index contributed by atoms with van der Waals surface area (Å²) in [4.78, 5) is 4.90. The smallest absolute Gasteiger partial charge is 0.146 e. The van der Waals surface area contributed by atoms with Crippen LogP contribution in [0.15, 0.2) is 22.7 Å². The highest BCUT2D eigenvalue weighted by atomic mass is 79.9. The quantitative estimate of drug-likeness (QED) is 0.805. The first-order valence-electron chi connectivity index (χ1n) is 7.52. The molecule has 2 fully saturated rings. The van der Waals surface area contributed by atoms with Gasteiger partial charge in [0.25, 0.3) is 0 Å². The Balaban J connectivity index is 1.93. The minimum absolute atomic E-state index is 0.106. The van der Waals surface area contributed by atoms with E-state index in [1.54, 1.807) is 12.1 Å². The van der Waals surface area contributed by atoms with Crippen LogP contribution in [0.1, 0.15) is 26.7 Å². The van der Waals surface area contributed by atoms with Crippen LogP contribution in [0.2, 0.25) is 0 Å². The lowest BCUT2D eigenvalue weighted by atomic mass is 9.96. The number of anilines is 1. The largest absolute Gasteiger partial charge is 0.363 e. The zero-order valence-electron chi connectivity index (χ0n) is 12.1. The van der Waals surface area contributed by atoms with E-state index in [0.717, 1.165) is 23.2 Å². The Bertz CT molecular complexity index is 491. The molecule has 1 aromatic rings. The highest BCUT2D eigenvalue weighted by Gasteiger charge is 2.38. The number of benzene rings is 1. The van der Waals surface area contributed by atoms with Gasteiger partial charge in [-0.15, -0.1) is 0 Å². The number of fused-ring (bicyclic) bond motifs is 1. The van der Waals surface area contributed by atoms with Gasteiger partial charge in [-0.05, 0) is 43.5 Å². The molecular formula is C16H22BrFN2. The van der Waals surface area contributed by atoms with Gasteiger partial charge in [-0.2, -0.15) is 0 Å². The highest BCUT2D eigenvalue weighted by Crippen LogP contribution is 2.34. The van der Waals surface area contributed by atoms with Crippen molar-refractivity contribution in [2.75, 3.05) is 24.5 Å². The molecule has 1 aromatic carbocycles. The number of piperazine rings is 1. The normalized spacial score (nSPS) is 27.1. The second-order valence-electron chi connectivity index (χ2n) is 6.35. The van der Waals surface area contributed by atoms with Gasteiger partial charge in [0.1, 0.15) is 5.82 Å². The van der Waals surface area contributed by atoms with E-state index in [2.05, 4.69) is 39.6 Å². The zero-order chi connectivity index (χ0) is 14.3. The Hall–Kier alpha value is -0.610. The molecule has 0 aliphatic carbocycles. The fourth-order valence-corrected chi connectivity index (χ4v) is 3.95. The van der Waals surface area contributed by atoms with Crippen LogP contribution in [0.25, 0.3) is 0 Å². The highest BCUT2D eigenvalue weighted by molar-refractivity contribution is 9.10. The lowest BCUT2D eigenvalue weighted by Crippen LogP contribution is -2.58. The van der Waals surface area contributed by atoms with Gasteiger partial charge in [0, 0.05) is 29.6 Å². The average molecular weight is 341 g/mol. The summed E-state index contributed by atoms with van der Waals surface area (Å²) in [6.45, 7) is 7.71. The van der Waals surface area contributed by atoms with Crippen LogP contribution in [-0.4, -0.2) is 36.6 Å². The topological polar surface area (TPSA) is 6.48 Å². The van der Waals surface area contributed by atoms with Crippen molar-refractivity contribution < 1.29 is 4.39 Å². The van der Waals surface area contributed by atoms with Gasteiger partial charge < -0.3 is 4.90 Å². The molecular weight excluding hydrogens is 319 g/mol. The maximum absolute atomic E-state index is 14.3. The summed E-state index contributed by atoms with van der Waals surface area (Å²) in [6.07, 6.45) is 2.53. The Morgan fingerprint density at radius 1 is 1.30 bits per heavy atom. The molecule has 2 unspecified atom stereocenters. The number of hydrogen-bond acceptors (Lipinski definition) is 2. The maximum atomic E-state index is 14.3. The van der Waals surface area contributed by atoms with E-state index in [1.165, 1.54) is 19.4 Å².